The lowest BCUT2D eigenvalue weighted by Gasteiger charge is -2.22. The molecule has 1 aromatic carbocycles. The zero-order chi connectivity index (χ0) is 9.35. The van der Waals surface area contributed by atoms with E-state index in [4.69, 9.17) is 5.73 Å². The SMILES string of the molecule is Cc1cccc(N)c1C(C)(C)S. The molecule has 0 spiro atoms. The molecule has 0 fully saturated rings. The molecule has 0 saturated heterocycles. The van der Waals surface area contributed by atoms with Gasteiger partial charge in [-0.05, 0) is 38.0 Å². The number of hydrogen-bond acceptors (Lipinski definition) is 2. The van der Waals surface area contributed by atoms with Crippen LogP contribution in [0.25, 0.3) is 0 Å². The molecule has 2 heteroatoms. The highest BCUT2D eigenvalue weighted by molar-refractivity contribution is 7.81. The lowest BCUT2D eigenvalue weighted by atomic mass is 9.95. The zero-order valence-corrected chi connectivity index (χ0v) is 8.65. The number of benzene rings is 1. The molecule has 1 aromatic rings. The first-order valence-electron chi connectivity index (χ1n) is 4.01. The van der Waals surface area contributed by atoms with Crippen LogP contribution in [0.5, 0.6) is 0 Å². The summed E-state index contributed by atoms with van der Waals surface area (Å²) in [4.78, 5) is 0. The molecular formula is C10H15NS. The minimum atomic E-state index is -0.157. The average Bonchev–Trinajstić information content (AvgIpc) is 1.82. The Morgan fingerprint density at radius 2 is 1.92 bits per heavy atom. The maximum Gasteiger partial charge on any atom is 0.0363 e. The largest absolute Gasteiger partial charge is 0.398 e. The summed E-state index contributed by atoms with van der Waals surface area (Å²) >= 11 is 4.50. The fourth-order valence-corrected chi connectivity index (χ4v) is 1.83. The van der Waals surface area contributed by atoms with E-state index in [1.54, 1.807) is 0 Å². The van der Waals surface area contributed by atoms with E-state index in [1.165, 1.54) is 5.56 Å². The van der Waals surface area contributed by atoms with Crippen molar-refractivity contribution in [2.24, 2.45) is 0 Å². The van der Waals surface area contributed by atoms with Crippen LogP contribution in [-0.2, 0) is 4.75 Å². The van der Waals surface area contributed by atoms with Crippen molar-refractivity contribution in [3.63, 3.8) is 0 Å². The number of hydrogen-bond donors (Lipinski definition) is 2. The van der Waals surface area contributed by atoms with Crippen molar-refractivity contribution in [3.05, 3.63) is 29.3 Å². The second kappa shape index (κ2) is 3.02. The zero-order valence-electron chi connectivity index (χ0n) is 7.76. The molecule has 0 bridgehead atoms. The number of thiol groups is 1. The van der Waals surface area contributed by atoms with Gasteiger partial charge in [0.05, 0.1) is 0 Å². The van der Waals surface area contributed by atoms with Gasteiger partial charge in [-0.2, -0.15) is 12.6 Å². The molecule has 0 aliphatic carbocycles. The molecule has 0 aromatic heterocycles. The molecule has 66 valence electrons. The van der Waals surface area contributed by atoms with Gasteiger partial charge in [0.15, 0.2) is 0 Å². The van der Waals surface area contributed by atoms with Crippen molar-refractivity contribution < 1.29 is 0 Å². The summed E-state index contributed by atoms with van der Waals surface area (Å²) in [5, 5.41) is 0. The summed E-state index contributed by atoms with van der Waals surface area (Å²) in [7, 11) is 0. The Balaban J connectivity index is 3.31. The van der Waals surface area contributed by atoms with Gasteiger partial charge >= 0.3 is 0 Å². The molecular weight excluding hydrogens is 166 g/mol. The van der Waals surface area contributed by atoms with Crippen molar-refractivity contribution in [1.82, 2.24) is 0 Å². The van der Waals surface area contributed by atoms with Crippen LogP contribution in [0.2, 0.25) is 0 Å². The summed E-state index contributed by atoms with van der Waals surface area (Å²) < 4.78 is -0.157. The fourth-order valence-electron chi connectivity index (χ4n) is 1.53. The van der Waals surface area contributed by atoms with Gasteiger partial charge in [-0.25, -0.2) is 0 Å². The van der Waals surface area contributed by atoms with Crippen LogP contribution in [0.15, 0.2) is 18.2 Å². The average molecular weight is 181 g/mol. The van der Waals surface area contributed by atoms with Crippen molar-refractivity contribution in [3.8, 4) is 0 Å². The molecule has 0 radical (unpaired) electrons. The Morgan fingerprint density at radius 1 is 1.33 bits per heavy atom. The van der Waals surface area contributed by atoms with E-state index in [0.29, 0.717) is 0 Å². The van der Waals surface area contributed by atoms with E-state index >= 15 is 0 Å². The Hall–Kier alpha value is -0.630. The van der Waals surface area contributed by atoms with Crippen LogP contribution < -0.4 is 5.73 Å². The normalized spacial score (nSPS) is 11.7. The van der Waals surface area contributed by atoms with Crippen LogP contribution in [0.1, 0.15) is 25.0 Å². The third kappa shape index (κ3) is 1.75. The van der Waals surface area contributed by atoms with Crippen LogP contribution in [0.3, 0.4) is 0 Å². The van der Waals surface area contributed by atoms with Gasteiger partial charge in [0.2, 0.25) is 0 Å². The maximum absolute atomic E-state index is 5.86. The summed E-state index contributed by atoms with van der Waals surface area (Å²) in [6.07, 6.45) is 0. The van der Waals surface area contributed by atoms with Gasteiger partial charge in [-0.3, -0.25) is 0 Å². The summed E-state index contributed by atoms with van der Waals surface area (Å²) in [5.41, 5.74) is 9.02. The number of nitrogens with two attached hydrogens (primary N) is 1. The molecule has 0 atom stereocenters. The molecule has 0 aliphatic rings. The van der Waals surface area contributed by atoms with Crippen molar-refractivity contribution in [2.45, 2.75) is 25.5 Å². The Labute approximate surface area is 79.4 Å². The molecule has 0 unspecified atom stereocenters. The highest BCUT2D eigenvalue weighted by atomic mass is 32.1. The lowest BCUT2D eigenvalue weighted by molar-refractivity contribution is 0.786. The topological polar surface area (TPSA) is 26.0 Å². The van der Waals surface area contributed by atoms with Crippen molar-refractivity contribution in [2.75, 3.05) is 5.73 Å². The molecule has 0 amide bonds. The standard InChI is InChI=1S/C10H15NS/c1-7-5-4-6-8(11)9(7)10(2,3)12/h4-6,12H,11H2,1-3H3. The van der Waals surface area contributed by atoms with Gasteiger partial charge in [-0.1, -0.05) is 12.1 Å². The van der Waals surface area contributed by atoms with E-state index in [-0.39, 0.29) is 4.75 Å². The number of rotatable bonds is 1. The smallest absolute Gasteiger partial charge is 0.0363 e. The first-order chi connectivity index (χ1) is 5.43. The van der Waals surface area contributed by atoms with E-state index in [9.17, 15) is 0 Å². The molecule has 0 saturated carbocycles. The van der Waals surface area contributed by atoms with Crippen LogP contribution in [-0.4, -0.2) is 0 Å². The first-order valence-corrected chi connectivity index (χ1v) is 4.45. The Morgan fingerprint density at radius 3 is 2.25 bits per heavy atom. The highest BCUT2D eigenvalue weighted by Gasteiger charge is 2.19. The second-order valence-electron chi connectivity index (χ2n) is 3.60. The minimum Gasteiger partial charge on any atom is -0.398 e. The van der Waals surface area contributed by atoms with Gasteiger partial charge in [0.25, 0.3) is 0 Å². The Kier molecular flexibility index (Phi) is 2.38. The van der Waals surface area contributed by atoms with Crippen molar-refractivity contribution >= 4 is 18.3 Å². The number of aryl methyl sites for hydroxylation is 1. The number of nitrogen functional groups attached to an aromatic ring is 1. The molecule has 1 rings (SSSR count). The predicted octanol–water partition coefficient (Wildman–Crippen LogP) is 2.74. The quantitative estimate of drug-likeness (QED) is 0.505. The van der Waals surface area contributed by atoms with E-state index < -0.39 is 0 Å². The lowest BCUT2D eigenvalue weighted by Crippen LogP contribution is -2.12. The van der Waals surface area contributed by atoms with Gasteiger partial charge in [0.1, 0.15) is 0 Å². The third-order valence-electron chi connectivity index (χ3n) is 1.92. The molecule has 12 heavy (non-hydrogen) atoms. The van der Waals surface area contributed by atoms with Crippen molar-refractivity contribution in [1.29, 1.82) is 0 Å². The predicted molar refractivity (Wildman–Crippen MR) is 57.6 cm³/mol. The highest BCUT2D eigenvalue weighted by Crippen LogP contribution is 2.33. The molecule has 2 N–H and O–H groups in total. The summed E-state index contributed by atoms with van der Waals surface area (Å²) in [5.74, 6) is 0. The van der Waals surface area contributed by atoms with Gasteiger partial charge in [0, 0.05) is 10.4 Å². The molecule has 0 aliphatic heterocycles. The van der Waals surface area contributed by atoms with Gasteiger partial charge in [-0.15, -0.1) is 0 Å². The maximum atomic E-state index is 5.86. The van der Waals surface area contributed by atoms with Gasteiger partial charge < -0.3 is 5.73 Å². The minimum absolute atomic E-state index is 0.157. The molecule has 0 heterocycles. The first kappa shape index (κ1) is 9.46. The van der Waals surface area contributed by atoms with E-state index in [2.05, 4.69) is 39.5 Å². The van der Waals surface area contributed by atoms with Crippen LogP contribution >= 0.6 is 12.6 Å². The summed E-state index contributed by atoms with van der Waals surface area (Å²) in [6, 6.07) is 5.94. The fraction of sp³-hybridized carbons (Fsp3) is 0.400. The number of anilines is 1. The third-order valence-corrected chi connectivity index (χ3v) is 2.14. The molecule has 1 nitrogen and oxygen atoms in total. The summed E-state index contributed by atoms with van der Waals surface area (Å²) in [6.45, 7) is 6.16. The monoisotopic (exact) mass is 181 g/mol. The van der Waals surface area contributed by atoms with E-state index in [1.807, 2.05) is 12.1 Å². The Bertz CT molecular complexity index is 266. The van der Waals surface area contributed by atoms with E-state index in [0.717, 1.165) is 11.3 Å². The van der Waals surface area contributed by atoms with Crippen LogP contribution in [0.4, 0.5) is 5.69 Å². The second-order valence-corrected chi connectivity index (χ2v) is 4.72. The van der Waals surface area contributed by atoms with Crippen LogP contribution in [0, 0.1) is 6.92 Å².